The Bertz CT molecular complexity index is 300. The van der Waals surface area contributed by atoms with Crippen LogP contribution in [0.3, 0.4) is 0 Å². The van der Waals surface area contributed by atoms with Gasteiger partial charge in [-0.25, -0.2) is 0 Å². The summed E-state index contributed by atoms with van der Waals surface area (Å²) in [6.45, 7) is 0. The van der Waals surface area contributed by atoms with E-state index in [1.807, 2.05) is 0 Å². The number of hydrogen-bond donors (Lipinski definition) is 5. The summed E-state index contributed by atoms with van der Waals surface area (Å²) in [5.41, 5.74) is 5.12. The van der Waals surface area contributed by atoms with Gasteiger partial charge in [-0.3, -0.25) is 9.13 Å². The largest absolute Gasteiger partial charge is 0.343 e. The molecule has 6 N–H and O–H groups in total. The molecule has 7 nitrogen and oxygen atoms in total. The van der Waals surface area contributed by atoms with Crippen LogP contribution in [-0.4, -0.2) is 30.5 Å². The van der Waals surface area contributed by atoms with Gasteiger partial charge in [0.2, 0.25) is 0 Å². The summed E-state index contributed by atoms with van der Waals surface area (Å²) in [5.74, 6) is -1.76. The smallest absolute Gasteiger partial charge is 0.324 e. The highest BCUT2D eigenvalue weighted by Crippen LogP contribution is 2.71. The lowest BCUT2D eigenvalue weighted by atomic mass is 10.4. The van der Waals surface area contributed by atoms with Crippen LogP contribution in [0, 0.1) is 0 Å². The van der Waals surface area contributed by atoms with Gasteiger partial charge in [-0.2, -0.15) is 0 Å². The molecular formula is C4H11NO6P2. The van der Waals surface area contributed by atoms with E-state index in [0.717, 1.165) is 0 Å². The van der Waals surface area contributed by atoms with Crippen LogP contribution in [0.15, 0.2) is 0 Å². The third-order valence-corrected chi connectivity index (χ3v) is 5.56. The zero-order chi connectivity index (χ0) is 10.5. The highest BCUT2D eigenvalue weighted by atomic mass is 31.2. The zero-order valence-corrected chi connectivity index (χ0v) is 8.36. The third kappa shape index (κ3) is 1.87. The Balaban J connectivity index is 2.97. The average molecular weight is 231 g/mol. The maximum atomic E-state index is 10.9. The fraction of sp³-hybridized carbons (Fsp3) is 1.00. The van der Waals surface area contributed by atoms with E-state index in [2.05, 4.69) is 0 Å². The van der Waals surface area contributed by atoms with E-state index in [1.54, 1.807) is 0 Å². The molecule has 0 radical (unpaired) electrons. The quantitative estimate of drug-likeness (QED) is 0.398. The van der Waals surface area contributed by atoms with Crippen molar-refractivity contribution in [2.75, 3.05) is 0 Å². The minimum absolute atomic E-state index is 0.0591. The Morgan fingerprint density at radius 2 is 1.54 bits per heavy atom. The molecule has 0 aliphatic heterocycles. The molecule has 0 bridgehead atoms. The summed E-state index contributed by atoms with van der Waals surface area (Å²) in [6, 6.07) is 0. The molecule has 1 saturated carbocycles. The molecule has 1 unspecified atom stereocenters. The van der Waals surface area contributed by atoms with Crippen molar-refractivity contribution in [2.45, 2.75) is 23.8 Å². The van der Waals surface area contributed by atoms with E-state index in [4.69, 9.17) is 25.3 Å². The third-order valence-electron chi connectivity index (χ3n) is 2.26. The normalized spacial score (nSPS) is 24.1. The molecule has 1 aliphatic carbocycles. The monoisotopic (exact) mass is 231 g/mol. The van der Waals surface area contributed by atoms with Crippen LogP contribution in [-0.2, 0) is 9.13 Å². The minimum Gasteiger partial charge on any atom is -0.324 e. The van der Waals surface area contributed by atoms with Gasteiger partial charge >= 0.3 is 15.2 Å². The number of rotatable bonds is 3. The summed E-state index contributed by atoms with van der Waals surface area (Å²) in [6.07, 6.45) is 0.118. The topological polar surface area (TPSA) is 141 Å². The van der Waals surface area contributed by atoms with E-state index in [9.17, 15) is 9.13 Å². The van der Waals surface area contributed by atoms with Gasteiger partial charge in [0.25, 0.3) is 0 Å². The van der Waals surface area contributed by atoms with E-state index < -0.39 is 26.1 Å². The van der Waals surface area contributed by atoms with Crippen molar-refractivity contribution >= 4 is 15.2 Å². The van der Waals surface area contributed by atoms with Crippen molar-refractivity contribution < 1.29 is 28.7 Å². The highest BCUT2D eigenvalue weighted by Gasteiger charge is 2.65. The van der Waals surface area contributed by atoms with E-state index >= 15 is 0 Å². The lowest BCUT2D eigenvalue weighted by Gasteiger charge is -2.24. The molecule has 1 atom stereocenters. The lowest BCUT2D eigenvalue weighted by molar-refractivity contribution is 0.325. The lowest BCUT2D eigenvalue weighted by Crippen LogP contribution is -2.36. The van der Waals surface area contributed by atoms with Crippen molar-refractivity contribution in [3.63, 3.8) is 0 Å². The first-order valence-electron chi connectivity index (χ1n) is 3.48. The van der Waals surface area contributed by atoms with Crippen LogP contribution in [0.4, 0.5) is 0 Å². The van der Waals surface area contributed by atoms with Gasteiger partial charge in [0, 0.05) is 0 Å². The molecule has 0 saturated heterocycles. The van der Waals surface area contributed by atoms with Gasteiger partial charge < -0.3 is 25.3 Å². The van der Waals surface area contributed by atoms with Crippen LogP contribution in [0.25, 0.3) is 0 Å². The second kappa shape index (κ2) is 2.87. The average Bonchev–Trinajstić information content (AvgIpc) is 2.60. The Morgan fingerprint density at radius 1 is 1.15 bits per heavy atom. The molecule has 0 aromatic carbocycles. The molecule has 1 fully saturated rings. The van der Waals surface area contributed by atoms with Crippen LogP contribution < -0.4 is 5.73 Å². The van der Waals surface area contributed by atoms with Crippen LogP contribution in [0.2, 0.25) is 0 Å². The van der Waals surface area contributed by atoms with Crippen molar-refractivity contribution in [3.05, 3.63) is 0 Å². The van der Waals surface area contributed by atoms with Gasteiger partial charge in [-0.1, -0.05) is 0 Å². The van der Waals surface area contributed by atoms with Crippen molar-refractivity contribution in [1.82, 2.24) is 0 Å². The van der Waals surface area contributed by atoms with Crippen LogP contribution >= 0.6 is 15.2 Å². The van der Waals surface area contributed by atoms with Gasteiger partial charge in [-0.05, 0) is 12.8 Å². The standard InChI is InChI=1S/C4H11NO6P2/c5-3(12(6,7)8)4(1-2-4)13(9,10)11/h3H,1-2,5H2,(H2,6,7,8)(H2,9,10,11). The summed E-state index contributed by atoms with van der Waals surface area (Å²) >= 11 is 0. The van der Waals surface area contributed by atoms with Gasteiger partial charge in [0.05, 0.1) is 5.16 Å². The molecule has 9 heteroatoms. The van der Waals surface area contributed by atoms with Gasteiger partial charge in [0.1, 0.15) is 5.78 Å². The summed E-state index contributed by atoms with van der Waals surface area (Å²) in [5, 5.41) is -1.69. The first-order valence-corrected chi connectivity index (χ1v) is 6.77. The van der Waals surface area contributed by atoms with Gasteiger partial charge in [0.15, 0.2) is 0 Å². The van der Waals surface area contributed by atoms with Gasteiger partial charge in [-0.15, -0.1) is 0 Å². The first-order chi connectivity index (χ1) is 5.61. The summed E-state index contributed by atoms with van der Waals surface area (Å²) in [4.78, 5) is 35.0. The molecule has 0 spiro atoms. The molecule has 1 rings (SSSR count). The fourth-order valence-electron chi connectivity index (χ4n) is 1.20. The van der Waals surface area contributed by atoms with E-state index in [1.165, 1.54) is 0 Å². The second-order valence-corrected chi connectivity index (χ2v) is 6.89. The fourth-order valence-corrected chi connectivity index (χ4v) is 4.03. The molecule has 0 aromatic heterocycles. The number of nitrogens with two attached hydrogens (primary N) is 1. The molecule has 13 heavy (non-hydrogen) atoms. The van der Waals surface area contributed by atoms with Crippen molar-refractivity contribution in [2.24, 2.45) is 5.73 Å². The SMILES string of the molecule is NC(C1(P(=O)(O)O)CC1)P(=O)(O)O. The van der Waals surface area contributed by atoms with E-state index in [-0.39, 0.29) is 12.8 Å². The Morgan fingerprint density at radius 3 is 1.62 bits per heavy atom. The Labute approximate surface area is 74.3 Å². The Hall–Kier alpha value is 0.260. The maximum Gasteiger partial charge on any atom is 0.343 e. The summed E-state index contributed by atoms with van der Waals surface area (Å²) < 4.78 is 21.6. The summed E-state index contributed by atoms with van der Waals surface area (Å²) in [7, 11) is -9.15. The predicted octanol–water partition coefficient (Wildman–Crippen LogP) is -0.841. The van der Waals surface area contributed by atoms with Crippen molar-refractivity contribution in [1.29, 1.82) is 0 Å². The first kappa shape index (κ1) is 11.3. The molecule has 0 heterocycles. The minimum atomic E-state index is -4.63. The molecule has 78 valence electrons. The van der Waals surface area contributed by atoms with Crippen molar-refractivity contribution in [3.8, 4) is 0 Å². The molecule has 0 amide bonds. The zero-order valence-electron chi connectivity index (χ0n) is 6.57. The second-order valence-electron chi connectivity index (χ2n) is 3.18. The predicted molar refractivity (Wildman–Crippen MR) is 44.0 cm³/mol. The molecular weight excluding hydrogens is 220 g/mol. The van der Waals surface area contributed by atoms with Crippen LogP contribution in [0.5, 0.6) is 0 Å². The number of hydrogen-bond acceptors (Lipinski definition) is 3. The molecule has 0 aromatic rings. The maximum absolute atomic E-state index is 10.9. The molecule has 1 aliphatic rings. The Kier molecular flexibility index (Phi) is 2.51. The highest BCUT2D eigenvalue weighted by molar-refractivity contribution is 7.58. The van der Waals surface area contributed by atoms with E-state index in [0.29, 0.717) is 0 Å². The van der Waals surface area contributed by atoms with Crippen LogP contribution in [0.1, 0.15) is 12.8 Å².